The van der Waals surface area contributed by atoms with Crippen LogP contribution >= 0.6 is 38.5 Å². The van der Waals surface area contributed by atoms with Gasteiger partial charge in [0.1, 0.15) is 12.9 Å². The van der Waals surface area contributed by atoms with E-state index in [1.165, 1.54) is 0 Å². The first-order valence-corrected chi connectivity index (χ1v) is 7.71. The number of ether oxygens (including phenoxy) is 2. The summed E-state index contributed by atoms with van der Waals surface area (Å²) >= 11 is 5.53. The van der Waals surface area contributed by atoms with Crippen LogP contribution in [0, 0.1) is 3.57 Å². The molecule has 2 aromatic rings. The van der Waals surface area contributed by atoms with E-state index >= 15 is 0 Å². The zero-order valence-electron chi connectivity index (χ0n) is 10.7. The first-order valence-electron chi connectivity index (χ1n) is 5.84. The fourth-order valence-corrected chi connectivity index (χ4v) is 2.73. The maximum atomic E-state index is 10.8. The minimum absolute atomic E-state index is 0.445. The molecule has 0 bridgehead atoms. The van der Waals surface area contributed by atoms with Gasteiger partial charge in [-0.1, -0.05) is 28.1 Å². The zero-order chi connectivity index (χ0) is 14.5. The number of carbonyl (C=O) groups excluding carboxylic acids is 1. The molecule has 0 fully saturated rings. The Balaban J connectivity index is 2.20. The van der Waals surface area contributed by atoms with Crippen LogP contribution in [0.15, 0.2) is 40.9 Å². The molecule has 0 heterocycles. The molecular weight excluding hydrogens is 435 g/mol. The van der Waals surface area contributed by atoms with Crippen molar-refractivity contribution < 1.29 is 14.3 Å². The van der Waals surface area contributed by atoms with Crippen LogP contribution in [0.25, 0.3) is 0 Å². The Kier molecular flexibility index (Phi) is 5.42. The van der Waals surface area contributed by atoms with Crippen LogP contribution in [0.1, 0.15) is 15.9 Å². The van der Waals surface area contributed by atoms with Crippen LogP contribution in [0.5, 0.6) is 11.5 Å². The van der Waals surface area contributed by atoms with Crippen molar-refractivity contribution in [3.8, 4) is 11.5 Å². The average molecular weight is 447 g/mol. The lowest BCUT2D eigenvalue weighted by molar-refractivity contribution is 0.112. The van der Waals surface area contributed by atoms with Crippen molar-refractivity contribution in [2.45, 2.75) is 6.61 Å². The largest absolute Gasteiger partial charge is 0.493 e. The molecule has 2 aromatic carbocycles. The molecule has 0 aliphatic carbocycles. The van der Waals surface area contributed by atoms with Crippen LogP contribution in [0.2, 0.25) is 0 Å². The second kappa shape index (κ2) is 7.08. The molecule has 3 nitrogen and oxygen atoms in total. The maximum Gasteiger partial charge on any atom is 0.174 e. The number of rotatable bonds is 5. The predicted molar refractivity (Wildman–Crippen MR) is 89.6 cm³/mol. The quantitative estimate of drug-likeness (QED) is 0.502. The number of aldehydes is 1. The highest BCUT2D eigenvalue weighted by molar-refractivity contribution is 14.1. The highest BCUT2D eigenvalue weighted by Crippen LogP contribution is 2.34. The summed E-state index contributed by atoms with van der Waals surface area (Å²) in [5.74, 6) is 1.22. The smallest absolute Gasteiger partial charge is 0.174 e. The van der Waals surface area contributed by atoms with E-state index in [4.69, 9.17) is 9.47 Å². The van der Waals surface area contributed by atoms with Gasteiger partial charge >= 0.3 is 0 Å². The van der Waals surface area contributed by atoms with E-state index in [1.54, 1.807) is 19.2 Å². The third kappa shape index (κ3) is 3.73. The van der Waals surface area contributed by atoms with E-state index in [0.29, 0.717) is 23.7 Å². The number of benzene rings is 2. The normalized spacial score (nSPS) is 10.2. The van der Waals surface area contributed by atoms with Crippen molar-refractivity contribution in [2.24, 2.45) is 0 Å². The molecule has 2 rings (SSSR count). The topological polar surface area (TPSA) is 35.5 Å². The molecule has 0 radical (unpaired) electrons. The van der Waals surface area contributed by atoms with Crippen LogP contribution in [-0.4, -0.2) is 13.4 Å². The molecule has 0 amide bonds. The molecule has 0 N–H and O–H groups in total. The maximum absolute atomic E-state index is 10.8. The third-order valence-electron chi connectivity index (χ3n) is 2.68. The lowest BCUT2D eigenvalue weighted by atomic mass is 10.2. The van der Waals surface area contributed by atoms with E-state index in [1.807, 2.05) is 24.3 Å². The van der Waals surface area contributed by atoms with E-state index in [-0.39, 0.29) is 0 Å². The Morgan fingerprint density at radius 2 is 1.95 bits per heavy atom. The Morgan fingerprint density at radius 3 is 2.55 bits per heavy atom. The van der Waals surface area contributed by atoms with Crippen molar-refractivity contribution in [3.05, 3.63) is 55.6 Å². The molecule has 0 saturated heterocycles. The highest BCUT2D eigenvalue weighted by Gasteiger charge is 2.11. The van der Waals surface area contributed by atoms with Gasteiger partial charge in [-0.05, 0) is 52.4 Å². The monoisotopic (exact) mass is 446 g/mol. The number of halogens is 2. The Labute approximate surface area is 139 Å². The van der Waals surface area contributed by atoms with Crippen LogP contribution in [-0.2, 0) is 6.61 Å². The van der Waals surface area contributed by atoms with Gasteiger partial charge in [0.15, 0.2) is 11.5 Å². The fraction of sp³-hybridized carbons (Fsp3) is 0.133. The molecule has 0 saturated carbocycles. The van der Waals surface area contributed by atoms with E-state index in [0.717, 1.165) is 19.9 Å². The van der Waals surface area contributed by atoms with Crippen molar-refractivity contribution in [1.82, 2.24) is 0 Å². The van der Waals surface area contributed by atoms with Crippen LogP contribution in [0.3, 0.4) is 0 Å². The van der Waals surface area contributed by atoms with Gasteiger partial charge in [0.25, 0.3) is 0 Å². The first-order chi connectivity index (χ1) is 9.63. The Bertz CT molecular complexity index is 611. The number of hydrogen-bond donors (Lipinski definition) is 0. The summed E-state index contributed by atoms with van der Waals surface area (Å²) < 4.78 is 13.0. The molecule has 5 heteroatoms. The van der Waals surface area contributed by atoms with Gasteiger partial charge < -0.3 is 9.47 Å². The van der Waals surface area contributed by atoms with Gasteiger partial charge in [-0.25, -0.2) is 0 Å². The van der Waals surface area contributed by atoms with Crippen molar-refractivity contribution in [2.75, 3.05) is 7.11 Å². The molecule has 104 valence electrons. The molecule has 0 spiro atoms. The summed E-state index contributed by atoms with van der Waals surface area (Å²) in [6.07, 6.45) is 0.795. The lowest BCUT2D eigenvalue weighted by Gasteiger charge is -2.13. The van der Waals surface area contributed by atoms with E-state index < -0.39 is 0 Å². The fourth-order valence-electron chi connectivity index (χ4n) is 1.68. The van der Waals surface area contributed by atoms with Gasteiger partial charge in [0.2, 0.25) is 0 Å². The van der Waals surface area contributed by atoms with Gasteiger partial charge in [0, 0.05) is 10.0 Å². The summed E-state index contributed by atoms with van der Waals surface area (Å²) in [4.78, 5) is 10.8. The predicted octanol–water partition coefficient (Wildman–Crippen LogP) is 4.45. The summed E-state index contributed by atoms with van der Waals surface area (Å²) in [5, 5.41) is 0. The molecule has 20 heavy (non-hydrogen) atoms. The third-order valence-corrected chi connectivity index (χ3v) is 4.01. The number of carbonyl (C=O) groups is 1. The van der Waals surface area contributed by atoms with Crippen molar-refractivity contribution >= 4 is 44.8 Å². The summed E-state index contributed by atoms with van der Waals surface area (Å²) in [7, 11) is 1.56. The summed E-state index contributed by atoms with van der Waals surface area (Å²) in [5.41, 5.74) is 1.63. The zero-order valence-corrected chi connectivity index (χ0v) is 14.5. The van der Waals surface area contributed by atoms with Gasteiger partial charge in [-0.15, -0.1) is 0 Å². The van der Waals surface area contributed by atoms with Gasteiger partial charge in [-0.2, -0.15) is 0 Å². The van der Waals surface area contributed by atoms with Gasteiger partial charge in [-0.3, -0.25) is 4.79 Å². The summed E-state index contributed by atoms with van der Waals surface area (Å²) in [6.45, 7) is 0.445. The molecule has 0 aliphatic rings. The van der Waals surface area contributed by atoms with Crippen molar-refractivity contribution in [1.29, 1.82) is 0 Å². The van der Waals surface area contributed by atoms with E-state index in [2.05, 4.69) is 38.5 Å². The van der Waals surface area contributed by atoms with Crippen LogP contribution < -0.4 is 9.47 Å². The van der Waals surface area contributed by atoms with Gasteiger partial charge in [0.05, 0.1) is 10.7 Å². The minimum atomic E-state index is 0.445. The number of methoxy groups -OCH3 is 1. The molecule has 0 aromatic heterocycles. The molecule has 0 atom stereocenters. The molecule has 0 unspecified atom stereocenters. The van der Waals surface area contributed by atoms with Crippen LogP contribution in [0.4, 0.5) is 0 Å². The SMILES string of the molecule is COc1cc(C=O)cc(I)c1OCc1ccc(Br)cc1. The average Bonchev–Trinajstić information content (AvgIpc) is 2.47. The van der Waals surface area contributed by atoms with Crippen molar-refractivity contribution in [3.63, 3.8) is 0 Å². The first kappa shape index (κ1) is 15.3. The molecular formula is C15H12BrIO3. The second-order valence-electron chi connectivity index (χ2n) is 4.07. The van der Waals surface area contributed by atoms with E-state index in [9.17, 15) is 4.79 Å². The highest BCUT2D eigenvalue weighted by atomic mass is 127. The Hall–Kier alpha value is -1.08. The standard InChI is InChI=1S/C15H12BrIO3/c1-19-14-7-11(8-18)6-13(17)15(14)20-9-10-2-4-12(16)5-3-10/h2-8H,9H2,1H3. The number of hydrogen-bond acceptors (Lipinski definition) is 3. The molecule has 0 aliphatic heterocycles. The minimum Gasteiger partial charge on any atom is -0.493 e. The summed E-state index contributed by atoms with van der Waals surface area (Å²) in [6, 6.07) is 11.4. The second-order valence-corrected chi connectivity index (χ2v) is 6.14. The lowest BCUT2D eigenvalue weighted by Crippen LogP contribution is -2.00. The Morgan fingerprint density at radius 1 is 1.25 bits per heavy atom.